The van der Waals surface area contributed by atoms with Crippen LogP contribution in [0.4, 0.5) is 0 Å². The normalized spacial score (nSPS) is 11.0. The first-order valence-corrected chi connectivity index (χ1v) is 7.45. The fourth-order valence-electron chi connectivity index (χ4n) is 2.58. The fraction of sp³-hybridized carbons (Fsp3) is 0.176. The van der Waals surface area contributed by atoms with Crippen molar-refractivity contribution < 1.29 is 9.21 Å². The molecular weight excluding hydrogens is 316 g/mol. The van der Waals surface area contributed by atoms with Crippen LogP contribution in [0.1, 0.15) is 16.9 Å². The molecule has 2 aromatic heterocycles. The Morgan fingerprint density at radius 2 is 2.00 bits per heavy atom. The Morgan fingerprint density at radius 3 is 2.65 bits per heavy atom. The third-order valence-electron chi connectivity index (χ3n) is 3.63. The van der Waals surface area contributed by atoms with Gasteiger partial charge in [0.25, 0.3) is 0 Å². The Bertz CT molecular complexity index is 939. The third kappa shape index (κ3) is 3.14. The van der Waals surface area contributed by atoms with E-state index in [1.807, 2.05) is 24.3 Å². The van der Waals surface area contributed by atoms with Crippen LogP contribution in [-0.4, -0.2) is 10.5 Å². The monoisotopic (exact) mass is 330 g/mol. The van der Waals surface area contributed by atoms with E-state index in [1.165, 1.54) is 0 Å². The second kappa shape index (κ2) is 5.93. The molecule has 118 valence electrons. The lowest BCUT2D eigenvalue weighted by atomic mass is 10.1. The molecule has 3 rings (SSSR count). The summed E-state index contributed by atoms with van der Waals surface area (Å²) in [5, 5.41) is 1.12. The lowest BCUT2D eigenvalue weighted by molar-refractivity contribution is -0.117. The van der Waals surface area contributed by atoms with Crippen molar-refractivity contribution in [3.05, 3.63) is 68.7 Å². The zero-order valence-corrected chi connectivity index (χ0v) is 13.3. The van der Waals surface area contributed by atoms with Gasteiger partial charge in [0.05, 0.1) is 11.8 Å². The number of pyridine rings is 1. The van der Waals surface area contributed by atoms with Gasteiger partial charge in [0.2, 0.25) is 11.6 Å². The number of carbonyl (C=O) groups excluding carboxylic acids is 1. The van der Waals surface area contributed by atoms with Crippen molar-refractivity contribution in [2.75, 3.05) is 0 Å². The quantitative estimate of drug-likeness (QED) is 0.797. The van der Waals surface area contributed by atoms with Crippen LogP contribution in [0.25, 0.3) is 11.1 Å². The van der Waals surface area contributed by atoms with E-state index < -0.39 is 5.91 Å². The number of nitrogens with two attached hydrogens (primary N) is 1. The predicted molar refractivity (Wildman–Crippen MR) is 88.6 cm³/mol. The number of rotatable bonds is 4. The Labute approximate surface area is 137 Å². The highest BCUT2D eigenvalue weighted by Crippen LogP contribution is 2.20. The molecule has 0 fully saturated rings. The maximum Gasteiger partial charge on any atom is 0.222 e. The van der Waals surface area contributed by atoms with Crippen molar-refractivity contribution in [2.45, 2.75) is 12.8 Å². The number of nitrogens with zero attached hydrogens (tertiary/aromatic N) is 1. The molecule has 0 aliphatic heterocycles. The maximum atomic E-state index is 12.4. The highest BCUT2D eigenvalue weighted by Gasteiger charge is 2.14. The minimum Gasteiger partial charge on any atom is -0.444 e. The van der Waals surface area contributed by atoms with Crippen LogP contribution in [0, 0.1) is 0 Å². The molecule has 0 atom stereocenters. The van der Waals surface area contributed by atoms with Gasteiger partial charge in [-0.1, -0.05) is 23.7 Å². The van der Waals surface area contributed by atoms with Gasteiger partial charge in [-0.15, -0.1) is 0 Å². The summed E-state index contributed by atoms with van der Waals surface area (Å²) in [6.45, 7) is 0. The first kappa shape index (κ1) is 15.4. The van der Waals surface area contributed by atoms with Gasteiger partial charge in [0, 0.05) is 30.3 Å². The van der Waals surface area contributed by atoms with E-state index in [2.05, 4.69) is 0 Å². The van der Waals surface area contributed by atoms with Crippen LogP contribution in [0.2, 0.25) is 5.02 Å². The number of amides is 1. The van der Waals surface area contributed by atoms with Crippen molar-refractivity contribution in [1.82, 2.24) is 4.57 Å². The molecule has 3 aromatic rings. The molecule has 5 nitrogen and oxygen atoms in total. The molecule has 0 aliphatic carbocycles. The maximum absolute atomic E-state index is 12.4. The number of hydrogen-bond acceptors (Lipinski definition) is 3. The van der Waals surface area contributed by atoms with E-state index in [0.29, 0.717) is 33.9 Å². The van der Waals surface area contributed by atoms with E-state index in [0.717, 1.165) is 5.56 Å². The molecule has 1 aromatic carbocycles. The highest BCUT2D eigenvalue weighted by atomic mass is 35.5. The van der Waals surface area contributed by atoms with Gasteiger partial charge in [-0.3, -0.25) is 9.59 Å². The Kier molecular flexibility index (Phi) is 3.96. The van der Waals surface area contributed by atoms with Gasteiger partial charge in [-0.05, 0) is 23.8 Å². The average molecular weight is 331 g/mol. The van der Waals surface area contributed by atoms with E-state index in [-0.39, 0.29) is 11.8 Å². The number of halogens is 1. The fourth-order valence-corrected chi connectivity index (χ4v) is 2.71. The van der Waals surface area contributed by atoms with Crippen molar-refractivity contribution in [3.63, 3.8) is 0 Å². The van der Waals surface area contributed by atoms with Gasteiger partial charge in [-0.25, -0.2) is 0 Å². The van der Waals surface area contributed by atoms with Crippen molar-refractivity contribution in [3.8, 4) is 0 Å². The number of aromatic nitrogens is 1. The molecule has 6 heteroatoms. The Morgan fingerprint density at radius 1 is 1.30 bits per heavy atom. The van der Waals surface area contributed by atoms with Crippen molar-refractivity contribution >= 4 is 28.6 Å². The summed E-state index contributed by atoms with van der Waals surface area (Å²) in [7, 11) is 1.77. The van der Waals surface area contributed by atoms with E-state index in [1.54, 1.807) is 23.9 Å². The molecule has 0 aliphatic rings. The molecule has 0 spiro atoms. The van der Waals surface area contributed by atoms with Gasteiger partial charge >= 0.3 is 0 Å². The smallest absolute Gasteiger partial charge is 0.222 e. The van der Waals surface area contributed by atoms with Crippen molar-refractivity contribution in [2.24, 2.45) is 12.8 Å². The summed E-state index contributed by atoms with van der Waals surface area (Å²) >= 11 is 5.87. The lowest BCUT2D eigenvalue weighted by Gasteiger charge is -2.03. The number of aryl methyl sites for hydroxylation is 1. The van der Waals surface area contributed by atoms with Crippen LogP contribution in [0.5, 0.6) is 0 Å². The van der Waals surface area contributed by atoms with Gasteiger partial charge < -0.3 is 14.7 Å². The number of furan rings is 1. The Hall–Kier alpha value is -2.53. The van der Waals surface area contributed by atoms with Crippen LogP contribution < -0.4 is 11.2 Å². The summed E-state index contributed by atoms with van der Waals surface area (Å²) in [4.78, 5) is 23.5. The molecule has 1 amide bonds. The lowest BCUT2D eigenvalue weighted by Crippen LogP contribution is -2.20. The molecule has 2 heterocycles. The molecule has 23 heavy (non-hydrogen) atoms. The largest absolute Gasteiger partial charge is 0.444 e. The second-order valence-electron chi connectivity index (χ2n) is 5.47. The topological polar surface area (TPSA) is 78.2 Å². The summed E-state index contributed by atoms with van der Waals surface area (Å²) < 4.78 is 7.48. The number of primary amides is 1. The number of hydrogen-bond donors (Lipinski definition) is 1. The molecule has 0 saturated heterocycles. The average Bonchev–Trinajstić information content (AvgIpc) is 2.91. The zero-order chi connectivity index (χ0) is 16.6. The van der Waals surface area contributed by atoms with Gasteiger partial charge in [-0.2, -0.15) is 0 Å². The van der Waals surface area contributed by atoms with Crippen LogP contribution in [0.15, 0.2) is 45.7 Å². The predicted octanol–water partition coefficient (Wildman–Crippen LogP) is 2.40. The molecule has 0 radical (unpaired) electrons. The molecular formula is C17H15ClN2O3. The number of carbonyl (C=O) groups is 1. The first-order valence-electron chi connectivity index (χ1n) is 7.07. The minimum absolute atomic E-state index is 0.0830. The third-order valence-corrected chi connectivity index (χ3v) is 3.88. The van der Waals surface area contributed by atoms with Crippen molar-refractivity contribution in [1.29, 1.82) is 0 Å². The minimum atomic E-state index is -0.536. The zero-order valence-electron chi connectivity index (χ0n) is 12.5. The van der Waals surface area contributed by atoms with Gasteiger partial charge in [0.1, 0.15) is 5.76 Å². The molecule has 2 N–H and O–H groups in total. The van der Waals surface area contributed by atoms with E-state index >= 15 is 0 Å². The second-order valence-corrected chi connectivity index (χ2v) is 5.91. The Balaban J connectivity index is 2.02. The summed E-state index contributed by atoms with van der Waals surface area (Å²) in [6.07, 6.45) is 2.06. The molecule has 0 saturated carbocycles. The summed E-state index contributed by atoms with van der Waals surface area (Å²) in [6, 6.07) is 9.15. The standard InChI is InChI=1S/C17H15ClN2O3/c1-20-9-11(7-15(19)21)16(22)14-8-13(23-17(14)20)6-10-2-4-12(18)5-3-10/h2-5,8-9H,6-7H2,1H3,(H2,19,21). The van der Waals surface area contributed by atoms with E-state index in [4.69, 9.17) is 21.8 Å². The number of benzene rings is 1. The first-order chi connectivity index (χ1) is 10.9. The SMILES string of the molecule is Cn1cc(CC(N)=O)c(=O)c2cc(Cc3ccc(Cl)cc3)oc21. The number of fused-ring (bicyclic) bond motifs is 1. The van der Waals surface area contributed by atoms with Crippen LogP contribution >= 0.6 is 11.6 Å². The van der Waals surface area contributed by atoms with Gasteiger partial charge in [0.15, 0.2) is 5.43 Å². The summed E-state index contributed by atoms with van der Waals surface area (Å²) in [5.74, 6) is 0.137. The van der Waals surface area contributed by atoms with Crippen LogP contribution in [-0.2, 0) is 24.7 Å². The molecule has 0 bridgehead atoms. The van der Waals surface area contributed by atoms with Crippen LogP contribution in [0.3, 0.4) is 0 Å². The van der Waals surface area contributed by atoms with E-state index in [9.17, 15) is 9.59 Å². The highest BCUT2D eigenvalue weighted by molar-refractivity contribution is 6.30. The summed E-state index contributed by atoms with van der Waals surface area (Å²) in [5.41, 5.74) is 6.84. The molecule has 0 unspecified atom stereocenters.